The highest BCUT2D eigenvalue weighted by molar-refractivity contribution is 9.09. The van der Waals surface area contributed by atoms with Gasteiger partial charge >= 0.3 is 0 Å². The first kappa shape index (κ1) is 24.6. The summed E-state index contributed by atoms with van der Waals surface area (Å²) in [4.78, 5) is 0.644. The van der Waals surface area contributed by atoms with Crippen molar-refractivity contribution in [3.63, 3.8) is 0 Å². The third-order valence-electron chi connectivity index (χ3n) is 7.87. The van der Waals surface area contributed by atoms with Gasteiger partial charge in [0.05, 0.1) is 0 Å². The first-order valence-corrected chi connectivity index (χ1v) is 13.9. The molecule has 0 spiro atoms. The third-order valence-corrected chi connectivity index (χ3v) is 8.97. The number of unbranched alkanes of at least 4 members (excludes halogenated alkanes) is 2. The van der Waals surface area contributed by atoms with Gasteiger partial charge in [0.1, 0.15) is 0 Å². The van der Waals surface area contributed by atoms with Gasteiger partial charge in [-0.15, -0.1) is 0 Å². The largest absolute Gasteiger partial charge is 0.0891 e. The minimum absolute atomic E-state index is 0.150. The zero-order valence-electron chi connectivity index (χ0n) is 19.9. The highest BCUT2D eigenvalue weighted by Gasteiger charge is 2.42. The molecule has 2 aromatic rings. The molecule has 1 unspecified atom stereocenters. The molecule has 2 aromatic carbocycles. The van der Waals surface area contributed by atoms with E-state index in [1.165, 1.54) is 77.0 Å². The summed E-state index contributed by atoms with van der Waals surface area (Å²) in [6.45, 7) is 4.61. The van der Waals surface area contributed by atoms with Crippen LogP contribution in [-0.4, -0.2) is 4.83 Å². The number of alkyl halides is 1. The Kier molecular flexibility index (Phi) is 10.2. The molecule has 0 aliphatic heterocycles. The van der Waals surface area contributed by atoms with Crippen LogP contribution < -0.4 is 0 Å². The molecule has 31 heavy (non-hydrogen) atoms. The van der Waals surface area contributed by atoms with Crippen molar-refractivity contribution in [3.8, 4) is 0 Å². The molecule has 1 saturated carbocycles. The Morgan fingerprint density at radius 1 is 0.806 bits per heavy atom. The van der Waals surface area contributed by atoms with E-state index < -0.39 is 0 Å². The lowest BCUT2D eigenvalue weighted by Crippen LogP contribution is -2.39. The lowest BCUT2D eigenvalue weighted by molar-refractivity contribution is 0.178. The van der Waals surface area contributed by atoms with Crippen LogP contribution in [0, 0.1) is 11.8 Å². The number of hydrogen-bond donors (Lipinski definition) is 0. The molecule has 1 aliphatic rings. The van der Waals surface area contributed by atoms with Crippen LogP contribution in [0.4, 0.5) is 0 Å². The Balaban J connectivity index is 1.88. The number of halogens is 1. The van der Waals surface area contributed by atoms with Gasteiger partial charge in [-0.3, -0.25) is 0 Å². The van der Waals surface area contributed by atoms with E-state index in [2.05, 4.69) is 90.4 Å². The van der Waals surface area contributed by atoms with Crippen molar-refractivity contribution in [1.82, 2.24) is 0 Å². The molecule has 0 nitrogen and oxygen atoms in total. The molecule has 0 radical (unpaired) electrons. The smallest absolute Gasteiger partial charge is 0.0231 e. The van der Waals surface area contributed by atoms with Crippen molar-refractivity contribution in [2.24, 2.45) is 11.8 Å². The molecule has 3 rings (SSSR count). The van der Waals surface area contributed by atoms with E-state index in [0.717, 1.165) is 11.8 Å². The van der Waals surface area contributed by atoms with E-state index >= 15 is 0 Å². The minimum Gasteiger partial charge on any atom is -0.0891 e. The maximum Gasteiger partial charge on any atom is 0.0231 e. The van der Waals surface area contributed by atoms with Gasteiger partial charge in [0.15, 0.2) is 0 Å². The summed E-state index contributed by atoms with van der Waals surface area (Å²) in [5, 5.41) is 0. The molecule has 0 N–H and O–H groups in total. The molecular formula is C30H43Br. The fourth-order valence-corrected chi connectivity index (χ4v) is 6.36. The second-order valence-corrected chi connectivity index (χ2v) is 11.1. The van der Waals surface area contributed by atoms with Gasteiger partial charge in [-0.25, -0.2) is 0 Å². The summed E-state index contributed by atoms with van der Waals surface area (Å²) >= 11 is 3.89. The Hall–Kier alpha value is -1.08. The lowest BCUT2D eigenvalue weighted by atomic mass is 9.58. The number of rotatable bonds is 12. The summed E-state index contributed by atoms with van der Waals surface area (Å²) in [6.07, 6.45) is 16.3. The minimum atomic E-state index is 0.150. The summed E-state index contributed by atoms with van der Waals surface area (Å²) in [7, 11) is 0. The van der Waals surface area contributed by atoms with Crippen LogP contribution in [0.1, 0.15) is 102 Å². The standard InChI is InChI=1S/C30H43Br/c1-3-5-8-14-25-20-22-28(23-21-25)30(24-13-19-29(31)4-2,26-15-9-6-10-16-26)27-17-11-7-12-18-27/h6-7,9-12,15-18,25,28-29H,3-5,8,13-14,19-24H2,1-2H3. The SMILES string of the molecule is CCCCCC1CCC(C(CCCC(Br)CC)(c2ccccc2)c2ccccc2)CC1. The van der Waals surface area contributed by atoms with Crippen LogP contribution in [0.25, 0.3) is 0 Å². The van der Waals surface area contributed by atoms with Crippen molar-refractivity contribution in [3.05, 3.63) is 71.8 Å². The Morgan fingerprint density at radius 2 is 1.39 bits per heavy atom. The van der Waals surface area contributed by atoms with Gasteiger partial charge in [-0.1, -0.05) is 135 Å². The Labute approximate surface area is 200 Å². The first-order chi connectivity index (χ1) is 15.2. The fourth-order valence-electron chi connectivity index (χ4n) is 6.04. The van der Waals surface area contributed by atoms with Crippen LogP contribution in [0.15, 0.2) is 60.7 Å². The Bertz CT molecular complexity index is 675. The molecule has 170 valence electrons. The van der Waals surface area contributed by atoms with E-state index in [1.807, 2.05) is 0 Å². The van der Waals surface area contributed by atoms with Crippen LogP contribution >= 0.6 is 15.9 Å². The van der Waals surface area contributed by atoms with Crippen molar-refractivity contribution in [2.75, 3.05) is 0 Å². The molecule has 0 saturated heterocycles. The molecule has 1 atom stereocenters. The van der Waals surface area contributed by atoms with Gasteiger partial charge in [0.25, 0.3) is 0 Å². The first-order valence-electron chi connectivity index (χ1n) is 13.0. The van der Waals surface area contributed by atoms with Gasteiger partial charge in [-0.05, 0) is 55.1 Å². The predicted molar refractivity (Wildman–Crippen MR) is 140 cm³/mol. The van der Waals surface area contributed by atoms with Crippen molar-refractivity contribution >= 4 is 15.9 Å². The van der Waals surface area contributed by atoms with Crippen molar-refractivity contribution in [2.45, 2.75) is 101 Å². The average molecular weight is 484 g/mol. The molecule has 1 heteroatoms. The number of benzene rings is 2. The summed E-state index contributed by atoms with van der Waals surface area (Å²) in [5.74, 6) is 1.70. The van der Waals surface area contributed by atoms with E-state index in [-0.39, 0.29) is 5.41 Å². The highest BCUT2D eigenvalue weighted by Crippen LogP contribution is 2.50. The lowest BCUT2D eigenvalue weighted by Gasteiger charge is -2.46. The zero-order chi connectivity index (χ0) is 21.9. The van der Waals surface area contributed by atoms with E-state index in [4.69, 9.17) is 0 Å². The Morgan fingerprint density at radius 3 is 1.90 bits per heavy atom. The maximum absolute atomic E-state index is 3.89. The summed E-state index contributed by atoms with van der Waals surface area (Å²) in [5.41, 5.74) is 3.23. The quantitative estimate of drug-likeness (QED) is 0.208. The molecule has 0 aromatic heterocycles. The van der Waals surface area contributed by atoms with E-state index in [1.54, 1.807) is 11.1 Å². The van der Waals surface area contributed by atoms with Crippen molar-refractivity contribution < 1.29 is 0 Å². The second kappa shape index (κ2) is 12.8. The van der Waals surface area contributed by atoms with Crippen LogP contribution in [-0.2, 0) is 5.41 Å². The molecule has 0 heterocycles. The predicted octanol–water partition coefficient (Wildman–Crippen LogP) is 9.70. The van der Waals surface area contributed by atoms with E-state index in [0.29, 0.717) is 4.83 Å². The topological polar surface area (TPSA) is 0 Å². The van der Waals surface area contributed by atoms with Crippen molar-refractivity contribution in [1.29, 1.82) is 0 Å². The van der Waals surface area contributed by atoms with Gasteiger partial charge in [0, 0.05) is 10.2 Å². The van der Waals surface area contributed by atoms with Gasteiger partial charge < -0.3 is 0 Å². The van der Waals surface area contributed by atoms with Crippen LogP contribution in [0.2, 0.25) is 0 Å². The number of hydrogen-bond acceptors (Lipinski definition) is 0. The highest BCUT2D eigenvalue weighted by atomic mass is 79.9. The van der Waals surface area contributed by atoms with Crippen LogP contribution in [0.5, 0.6) is 0 Å². The monoisotopic (exact) mass is 482 g/mol. The molecule has 0 amide bonds. The molecule has 0 bridgehead atoms. The maximum atomic E-state index is 3.89. The van der Waals surface area contributed by atoms with Crippen LogP contribution in [0.3, 0.4) is 0 Å². The van der Waals surface area contributed by atoms with E-state index in [9.17, 15) is 0 Å². The zero-order valence-corrected chi connectivity index (χ0v) is 21.5. The van der Waals surface area contributed by atoms with Gasteiger partial charge in [0.2, 0.25) is 0 Å². The normalized spacial score (nSPS) is 20.5. The molecular weight excluding hydrogens is 440 g/mol. The summed E-state index contributed by atoms with van der Waals surface area (Å²) < 4.78 is 0. The third kappa shape index (κ3) is 6.47. The molecule has 1 fully saturated rings. The summed E-state index contributed by atoms with van der Waals surface area (Å²) in [6, 6.07) is 23.0. The molecule has 1 aliphatic carbocycles. The average Bonchev–Trinajstić information content (AvgIpc) is 2.83. The second-order valence-electron chi connectivity index (χ2n) is 9.81. The van der Waals surface area contributed by atoms with Gasteiger partial charge in [-0.2, -0.15) is 0 Å². The fraction of sp³-hybridized carbons (Fsp3) is 0.600.